The molecule has 4 N–H and O–H groups in total. The van der Waals surface area contributed by atoms with Gasteiger partial charge in [-0.2, -0.15) is 0 Å². The number of benzene rings is 2. The molecule has 0 spiro atoms. The quantitative estimate of drug-likeness (QED) is 0.650. The van der Waals surface area contributed by atoms with Crippen molar-refractivity contribution in [1.29, 1.82) is 0 Å². The molecule has 0 saturated heterocycles. The van der Waals surface area contributed by atoms with Crippen LogP contribution in [0.1, 0.15) is 20.8 Å². The molecule has 1 aliphatic carbocycles. The van der Waals surface area contributed by atoms with Crippen LogP contribution in [0.4, 0.5) is 16.2 Å². The van der Waals surface area contributed by atoms with Gasteiger partial charge >= 0.3 is 6.03 Å². The van der Waals surface area contributed by atoms with Crippen molar-refractivity contribution in [3.63, 3.8) is 0 Å². The third-order valence-corrected chi connectivity index (χ3v) is 5.58. The summed E-state index contributed by atoms with van der Waals surface area (Å²) in [6.45, 7) is 0. The van der Waals surface area contributed by atoms with E-state index in [1.54, 1.807) is 24.3 Å². The number of aryl methyl sites for hydroxylation is 2. The maximum Gasteiger partial charge on any atom is 0.316 e. The molecule has 1 aliphatic rings. The first-order valence-electron chi connectivity index (χ1n) is 8.29. The van der Waals surface area contributed by atoms with E-state index in [4.69, 9.17) is 5.73 Å². The van der Waals surface area contributed by atoms with E-state index in [0.717, 1.165) is 12.8 Å². The average Bonchev–Trinajstić information content (AvgIpc) is 3.08. The molecule has 0 saturated carbocycles. The Balaban J connectivity index is 1.53. The van der Waals surface area contributed by atoms with E-state index in [9.17, 15) is 9.59 Å². The molecule has 0 atom stereocenters. The molecular formula is C20H17N3O2S. The fourth-order valence-corrected chi connectivity index (χ4v) is 4.32. The van der Waals surface area contributed by atoms with Crippen LogP contribution in [-0.2, 0) is 12.8 Å². The number of fused-ring (bicyclic) bond motifs is 3. The highest BCUT2D eigenvalue weighted by Crippen LogP contribution is 2.39. The van der Waals surface area contributed by atoms with Crippen molar-refractivity contribution in [2.24, 2.45) is 5.73 Å². The minimum atomic E-state index is -0.619. The smallest absolute Gasteiger partial charge is 0.316 e. The van der Waals surface area contributed by atoms with E-state index in [0.29, 0.717) is 16.3 Å². The van der Waals surface area contributed by atoms with Gasteiger partial charge in [0, 0.05) is 16.3 Å². The van der Waals surface area contributed by atoms with Crippen LogP contribution in [-0.4, -0.2) is 11.9 Å². The largest absolute Gasteiger partial charge is 0.351 e. The highest BCUT2D eigenvalue weighted by molar-refractivity contribution is 7.17. The number of anilines is 2. The molecule has 4 rings (SSSR count). The van der Waals surface area contributed by atoms with E-state index in [1.807, 2.05) is 12.1 Å². The van der Waals surface area contributed by atoms with Gasteiger partial charge in [0.1, 0.15) is 0 Å². The van der Waals surface area contributed by atoms with Crippen molar-refractivity contribution in [3.8, 4) is 10.4 Å². The number of urea groups is 1. The summed E-state index contributed by atoms with van der Waals surface area (Å²) in [6, 6.07) is 16.6. The van der Waals surface area contributed by atoms with Gasteiger partial charge in [0.25, 0.3) is 5.91 Å². The molecule has 1 heterocycles. The van der Waals surface area contributed by atoms with Crippen molar-refractivity contribution in [1.82, 2.24) is 0 Å². The number of thiophene rings is 1. The number of hydrogen-bond acceptors (Lipinski definition) is 3. The molecule has 0 fully saturated rings. The molecule has 0 radical (unpaired) electrons. The third kappa shape index (κ3) is 3.19. The van der Waals surface area contributed by atoms with Crippen LogP contribution in [0, 0.1) is 0 Å². The highest BCUT2D eigenvalue weighted by atomic mass is 32.1. The van der Waals surface area contributed by atoms with E-state index >= 15 is 0 Å². The fourth-order valence-electron chi connectivity index (χ4n) is 3.16. The summed E-state index contributed by atoms with van der Waals surface area (Å²) in [5.41, 5.74) is 10.1. The van der Waals surface area contributed by atoms with Gasteiger partial charge in [-0.25, -0.2) is 4.79 Å². The molecule has 3 aromatic rings. The molecular weight excluding hydrogens is 346 g/mol. The minimum Gasteiger partial charge on any atom is -0.351 e. The zero-order valence-electron chi connectivity index (χ0n) is 13.9. The van der Waals surface area contributed by atoms with Gasteiger partial charge in [-0.15, -0.1) is 11.3 Å². The Morgan fingerprint density at radius 1 is 0.885 bits per heavy atom. The van der Waals surface area contributed by atoms with Crippen molar-refractivity contribution < 1.29 is 9.59 Å². The number of primary amides is 1. The normalized spacial score (nSPS) is 12.0. The number of amides is 3. The van der Waals surface area contributed by atoms with Crippen molar-refractivity contribution in [3.05, 3.63) is 70.6 Å². The molecule has 5 nitrogen and oxygen atoms in total. The number of nitrogens with two attached hydrogens (primary N) is 1. The Kier molecular flexibility index (Phi) is 4.18. The minimum absolute atomic E-state index is 0.127. The molecule has 130 valence electrons. The summed E-state index contributed by atoms with van der Waals surface area (Å²) in [7, 11) is 0. The zero-order valence-corrected chi connectivity index (χ0v) is 14.7. The Labute approximate surface area is 154 Å². The van der Waals surface area contributed by atoms with Gasteiger partial charge < -0.3 is 16.4 Å². The number of nitrogens with one attached hydrogen (secondary N) is 2. The van der Waals surface area contributed by atoms with Gasteiger partial charge in [0.2, 0.25) is 0 Å². The monoisotopic (exact) mass is 363 g/mol. The summed E-state index contributed by atoms with van der Waals surface area (Å²) < 4.78 is 0. The predicted octanol–water partition coefficient (Wildman–Crippen LogP) is 4.26. The molecule has 6 heteroatoms. The highest BCUT2D eigenvalue weighted by Gasteiger charge is 2.21. The molecule has 0 unspecified atom stereocenters. The average molecular weight is 363 g/mol. The molecule has 0 aliphatic heterocycles. The SMILES string of the molecule is NC(=O)Nc1ccc(NC(=O)c2cc3c(s2)-c2ccccc2CC3)cc1. The molecule has 26 heavy (non-hydrogen) atoms. The van der Waals surface area contributed by atoms with Crippen LogP contribution in [0.15, 0.2) is 54.6 Å². The van der Waals surface area contributed by atoms with Crippen molar-refractivity contribution >= 4 is 34.6 Å². The molecule has 1 aromatic heterocycles. The van der Waals surface area contributed by atoms with Crippen LogP contribution in [0.5, 0.6) is 0 Å². The Morgan fingerprint density at radius 3 is 2.27 bits per heavy atom. The van der Waals surface area contributed by atoms with E-state index < -0.39 is 6.03 Å². The maximum atomic E-state index is 12.6. The standard InChI is InChI=1S/C20H17N3O2S/c21-20(25)23-15-9-7-14(8-10-15)22-19(24)17-11-13-6-5-12-3-1-2-4-16(12)18(13)26-17/h1-4,7-11H,5-6H2,(H,22,24)(H3,21,23,25). The maximum absolute atomic E-state index is 12.6. The molecule has 3 amide bonds. The van der Waals surface area contributed by atoms with Gasteiger partial charge in [0.15, 0.2) is 0 Å². The topological polar surface area (TPSA) is 84.2 Å². The Bertz CT molecular complexity index is 993. The summed E-state index contributed by atoms with van der Waals surface area (Å²) in [5, 5.41) is 5.39. The first-order chi connectivity index (χ1) is 12.6. The first-order valence-corrected chi connectivity index (χ1v) is 9.10. The predicted molar refractivity (Wildman–Crippen MR) is 105 cm³/mol. The molecule has 2 aromatic carbocycles. The lowest BCUT2D eigenvalue weighted by molar-refractivity contribution is 0.103. The van der Waals surface area contributed by atoms with E-state index in [1.165, 1.54) is 32.9 Å². The summed E-state index contributed by atoms with van der Waals surface area (Å²) in [4.78, 5) is 25.4. The number of hydrogen-bond donors (Lipinski definition) is 3. The van der Waals surface area contributed by atoms with Crippen LogP contribution in [0.25, 0.3) is 10.4 Å². The fraction of sp³-hybridized carbons (Fsp3) is 0.100. The lowest BCUT2D eigenvalue weighted by atomic mass is 9.91. The number of carbonyl (C=O) groups excluding carboxylic acids is 2. The van der Waals surface area contributed by atoms with Gasteiger partial charge in [0.05, 0.1) is 4.88 Å². The zero-order chi connectivity index (χ0) is 18.1. The van der Waals surface area contributed by atoms with E-state index in [2.05, 4.69) is 28.8 Å². The van der Waals surface area contributed by atoms with Crippen molar-refractivity contribution in [2.45, 2.75) is 12.8 Å². The van der Waals surface area contributed by atoms with Crippen LogP contribution in [0.2, 0.25) is 0 Å². The second-order valence-electron chi connectivity index (χ2n) is 6.14. The number of carbonyl (C=O) groups is 2. The first kappa shape index (κ1) is 16.4. The number of rotatable bonds is 3. The van der Waals surface area contributed by atoms with Gasteiger partial charge in [-0.3, -0.25) is 4.79 Å². The molecule has 0 bridgehead atoms. The van der Waals surface area contributed by atoms with Crippen LogP contribution >= 0.6 is 11.3 Å². The van der Waals surface area contributed by atoms with E-state index in [-0.39, 0.29) is 5.91 Å². The second-order valence-corrected chi connectivity index (χ2v) is 7.20. The summed E-state index contributed by atoms with van der Waals surface area (Å²) in [5.74, 6) is -0.127. The van der Waals surface area contributed by atoms with Gasteiger partial charge in [-0.1, -0.05) is 24.3 Å². The lowest BCUT2D eigenvalue weighted by Crippen LogP contribution is -2.19. The van der Waals surface area contributed by atoms with Gasteiger partial charge in [-0.05, 0) is 59.9 Å². The third-order valence-electron chi connectivity index (χ3n) is 4.37. The van der Waals surface area contributed by atoms with Crippen LogP contribution < -0.4 is 16.4 Å². The van der Waals surface area contributed by atoms with Crippen molar-refractivity contribution in [2.75, 3.05) is 10.6 Å². The second kappa shape index (κ2) is 6.65. The lowest BCUT2D eigenvalue weighted by Gasteiger charge is -2.15. The van der Waals surface area contributed by atoms with Crippen LogP contribution in [0.3, 0.4) is 0 Å². The Morgan fingerprint density at radius 2 is 1.54 bits per heavy atom. The summed E-state index contributed by atoms with van der Waals surface area (Å²) >= 11 is 1.53. The Hall–Kier alpha value is -3.12. The summed E-state index contributed by atoms with van der Waals surface area (Å²) in [6.07, 6.45) is 1.97.